The molecule has 0 aliphatic carbocycles. The van der Waals surface area contributed by atoms with Gasteiger partial charge in [0.25, 0.3) is 0 Å². The third-order valence-electron chi connectivity index (χ3n) is 3.59. The number of carbonyl (C=O) groups is 1. The highest BCUT2D eigenvalue weighted by atomic mass is 35.5. The Morgan fingerprint density at radius 3 is 2.65 bits per heavy atom. The van der Waals surface area contributed by atoms with Gasteiger partial charge in [0.1, 0.15) is 6.04 Å². The molecule has 3 rings (SSSR count). The van der Waals surface area contributed by atoms with Gasteiger partial charge in [0.2, 0.25) is 12.7 Å². The van der Waals surface area contributed by atoms with Gasteiger partial charge in [-0.25, -0.2) is 0 Å². The lowest BCUT2D eigenvalue weighted by atomic mass is 10.2. The predicted octanol–water partition coefficient (Wildman–Crippen LogP) is 3.82. The van der Waals surface area contributed by atoms with Crippen molar-refractivity contribution in [1.29, 1.82) is 0 Å². The second-order valence-electron chi connectivity index (χ2n) is 5.39. The van der Waals surface area contributed by atoms with Crippen LogP contribution in [-0.4, -0.2) is 18.7 Å². The zero-order valence-electron chi connectivity index (χ0n) is 12.9. The van der Waals surface area contributed by atoms with Crippen LogP contribution < -0.4 is 20.1 Å². The molecule has 0 unspecified atom stereocenters. The molecule has 2 aromatic rings. The molecule has 1 aliphatic rings. The van der Waals surface area contributed by atoms with Gasteiger partial charge in [-0.2, -0.15) is 0 Å². The average Bonchev–Trinajstić information content (AvgIpc) is 2.98. The van der Waals surface area contributed by atoms with E-state index in [1.807, 2.05) is 19.1 Å². The topological polar surface area (TPSA) is 59.6 Å². The number of hydrogen-bond donors (Lipinski definition) is 2. The lowest BCUT2D eigenvalue weighted by molar-refractivity contribution is -0.116. The third kappa shape index (κ3) is 3.51. The number of halogens is 1. The van der Waals surface area contributed by atoms with Crippen LogP contribution in [0.2, 0.25) is 5.02 Å². The van der Waals surface area contributed by atoms with E-state index in [9.17, 15) is 4.79 Å². The highest BCUT2D eigenvalue weighted by molar-refractivity contribution is 6.31. The second kappa shape index (κ2) is 6.38. The molecule has 2 N–H and O–H groups in total. The summed E-state index contributed by atoms with van der Waals surface area (Å²) in [4.78, 5) is 12.3. The zero-order valence-corrected chi connectivity index (χ0v) is 13.6. The Labute approximate surface area is 139 Å². The Bertz CT molecular complexity index is 749. The van der Waals surface area contributed by atoms with Crippen LogP contribution in [0, 0.1) is 6.92 Å². The summed E-state index contributed by atoms with van der Waals surface area (Å²) in [5, 5.41) is 6.64. The molecule has 0 spiro atoms. The summed E-state index contributed by atoms with van der Waals surface area (Å²) in [7, 11) is 0. The van der Waals surface area contributed by atoms with Crippen LogP contribution >= 0.6 is 11.6 Å². The minimum absolute atomic E-state index is 0.152. The average molecular weight is 333 g/mol. The molecule has 0 saturated heterocycles. The maximum atomic E-state index is 12.3. The third-order valence-corrected chi connectivity index (χ3v) is 4.00. The number of rotatable bonds is 4. The Kier molecular flexibility index (Phi) is 4.30. The van der Waals surface area contributed by atoms with Crippen molar-refractivity contribution in [1.82, 2.24) is 0 Å². The normalized spacial score (nSPS) is 13.5. The summed E-state index contributed by atoms with van der Waals surface area (Å²) in [6, 6.07) is 10.5. The summed E-state index contributed by atoms with van der Waals surface area (Å²) in [5.74, 6) is 1.16. The van der Waals surface area contributed by atoms with Crippen LogP contribution in [0.15, 0.2) is 36.4 Å². The van der Waals surface area contributed by atoms with E-state index < -0.39 is 6.04 Å². The van der Waals surface area contributed by atoms with E-state index in [4.69, 9.17) is 21.1 Å². The number of fused-ring (bicyclic) bond motifs is 1. The number of aryl methyl sites for hydroxylation is 1. The standard InChI is InChI=1S/C17H17ClN2O3/c1-10-3-4-12(7-14(10)18)19-11(2)17(21)20-13-5-6-15-16(8-13)23-9-22-15/h3-8,11,19H,9H2,1-2H3,(H,20,21)/t11-/m0/s1. The van der Waals surface area contributed by atoms with Gasteiger partial charge in [0.15, 0.2) is 11.5 Å². The maximum Gasteiger partial charge on any atom is 0.246 e. The van der Waals surface area contributed by atoms with Gasteiger partial charge in [-0.1, -0.05) is 17.7 Å². The summed E-state index contributed by atoms with van der Waals surface area (Å²) < 4.78 is 10.5. The fourth-order valence-corrected chi connectivity index (χ4v) is 2.40. The minimum Gasteiger partial charge on any atom is -0.454 e. The lowest BCUT2D eigenvalue weighted by Crippen LogP contribution is -2.31. The molecule has 6 heteroatoms. The van der Waals surface area contributed by atoms with Gasteiger partial charge in [-0.05, 0) is 43.7 Å². The Morgan fingerprint density at radius 1 is 1.13 bits per heavy atom. The molecule has 1 aliphatic heterocycles. The smallest absolute Gasteiger partial charge is 0.246 e. The summed E-state index contributed by atoms with van der Waals surface area (Å²) in [6.07, 6.45) is 0. The Morgan fingerprint density at radius 2 is 1.87 bits per heavy atom. The molecule has 1 amide bonds. The molecule has 5 nitrogen and oxygen atoms in total. The van der Waals surface area contributed by atoms with Crippen molar-refractivity contribution in [2.75, 3.05) is 17.4 Å². The molecular weight excluding hydrogens is 316 g/mol. The highest BCUT2D eigenvalue weighted by Crippen LogP contribution is 2.34. The van der Waals surface area contributed by atoms with E-state index >= 15 is 0 Å². The van der Waals surface area contributed by atoms with Crippen molar-refractivity contribution in [2.45, 2.75) is 19.9 Å². The van der Waals surface area contributed by atoms with E-state index in [2.05, 4.69) is 10.6 Å². The quantitative estimate of drug-likeness (QED) is 0.893. The van der Waals surface area contributed by atoms with Crippen molar-refractivity contribution in [3.05, 3.63) is 47.0 Å². The number of ether oxygens (including phenoxy) is 2. The number of hydrogen-bond acceptors (Lipinski definition) is 4. The summed E-state index contributed by atoms with van der Waals surface area (Å²) in [6.45, 7) is 3.93. The molecule has 0 radical (unpaired) electrons. The van der Waals surface area contributed by atoms with Crippen molar-refractivity contribution in [2.24, 2.45) is 0 Å². The largest absolute Gasteiger partial charge is 0.454 e. The molecule has 0 fully saturated rings. The molecule has 1 atom stereocenters. The fraction of sp³-hybridized carbons (Fsp3) is 0.235. The molecule has 23 heavy (non-hydrogen) atoms. The van der Waals surface area contributed by atoms with Gasteiger partial charge < -0.3 is 20.1 Å². The van der Waals surface area contributed by atoms with Gasteiger partial charge in [-0.3, -0.25) is 4.79 Å². The summed E-state index contributed by atoms with van der Waals surface area (Å²) in [5.41, 5.74) is 2.46. The van der Waals surface area contributed by atoms with E-state index in [1.54, 1.807) is 31.2 Å². The fourth-order valence-electron chi connectivity index (χ4n) is 2.22. The molecule has 1 heterocycles. The SMILES string of the molecule is Cc1ccc(N[C@@H](C)C(=O)Nc2ccc3c(c2)OCO3)cc1Cl. The lowest BCUT2D eigenvalue weighted by Gasteiger charge is -2.16. The number of nitrogens with one attached hydrogen (secondary N) is 2. The molecule has 0 aromatic heterocycles. The van der Waals surface area contributed by atoms with Crippen LogP contribution in [-0.2, 0) is 4.79 Å². The zero-order chi connectivity index (χ0) is 16.4. The van der Waals surface area contributed by atoms with Crippen LogP contribution in [0.3, 0.4) is 0 Å². The molecule has 120 valence electrons. The molecule has 2 aromatic carbocycles. The number of carbonyl (C=O) groups excluding carboxylic acids is 1. The first-order valence-electron chi connectivity index (χ1n) is 7.26. The number of anilines is 2. The van der Waals surface area contributed by atoms with E-state index in [0.29, 0.717) is 22.2 Å². The van der Waals surface area contributed by atoms with Gasteiger partial charge >= 0.3 is 0 Å². The van der Waals surface area contributed by atoms with Crippen LogP contribution in [0.5, 0.6) is 11.5 Å². The van der Waals surface area contributed by atoms with Gasteiger partial charge in [-0.15, -0.1) is 0 Å². The Balaban J connectivity index is 1.64. The van der Waals surface area contributed by atoms with Crippen molar-refractivity contribution < 1.29 is 14.3 Å². The molecule has 0 saturated carbocycles. The maximum absolute atomic E-state index is 12.3. The van der Waals surface area contributed by atoms with Crippen molar-refractivity contribution >= 4 is 28.9 Å². The number of benzene rings is 2. The second-order valence-corrected chi connectivity index (χ2v) is 5.79. The van der Waals surface area contributed by atoms with E-state index in [1.165, 1.54) is 0 Å². The first-order chi connectivity index (χ1) is 11.0. The monoisotopic (exact) mass is 332 g/mol. The van der Waals surface area contributed by atoms with E-state index in [0.717, 1.165) is 11.3 Å². The summed E-state index contributed by atoms with van der Waals surface area (Å²) >= 11 is 6.09. The minimum atomic E-state index is -0.417. The van der Waals surface area contributed by atoms with Crippen LogP contribution in [0.25, 0.3) is 0 Å². The first kappa shape index (κ1) is 15.5. The number of amides is 1. The predicted molar refractivity (Wildman–Crippen MR) is 90.5 cm³/mol. The van der Waals surface area contributed by atoms with Crippen LogP contribution in [0.4, 0.5) is 11.4 Å². The van der Waals surface area contributed by atoms with E-state index in [-0.39, 0.29) is 12.7 Å². The Hall–Kier alpha value is -2.40. The van der Waals surface area contributed by atoms with Crippen molar-refractivity contribution in [3.63, 3.8) is 0 Å². The van der Waals surface area contributed by atoms with Crippen LogP contribution in [0.1, 0.15) is 12.5 Å². The van der Waals surface area contributed by atoms with Gasteiger partial charge in [0.05, 0.1) is 0 Å². The highest BCUT2D eigenvalue weighted by Gasteiger charge is 2.17. The van der Waals surface area contributed by atoms with Gasteiger partial charge in [0, 0.05) is 22.5 Å². The first-order valence-corrected chi connectivity index (χ1v) is 7.64. The molecular formula is C17H17ClN2O3. The molecule has 0 bridgehead atoms. The van der Waals surface area contributed by atoms with Crippen molar-refractivity contribution in [3.8, 4) is 11.5 Å².